The van der Waals surface area contributed by atoms with Gasteiger partial charge < -0.3 is 15.3 Å². The van der Waals surface area contributed by atoms with Gasteiger partial charge in [-0.1, -0.05) is 35.7 Å². The zero-order valence-electron chi connectivity index (χ0n) is 12.2. The van der Waals surface area contributed by atoms with E-state index in [0.29, 0.717) is 0 Å². The van der Waals surface area contributed by atoms with Crippen molar-refractivity contribution in [1.82, 2.24) is 10.2 Å². The monoisotopic (exact) mass is 380 g/mol. The van der Waals surface area contributed by atoms with E-state index in [2.05, 4.69) is 28.2 Å². The van der Waals surface area contributed by atoms with Gasteiger partial charge in [0.25, 0.3) is 0 Å². The second kappa shape index (κ2) is 6.34. The maximum Gasteiger partial charge on any atom is 0.323 e. The van der Waals surface area contributed by atoms with Crippen LogP contribution in [0.25, 0.3) is 0 Å². The molecule has 2 rings (SSSR count). The highest BCUT2D eigenvalue weighted by atomic mass is 79.9. The van der Waals surface area contributed by atoms with E-state index in [9.17, 15) is 18.9 Å². The number of rotatable bonds is 6. The van der Waals surface area contributed by atoms with E-state index >= 15 is 0 Å². The Hall–Kier alpha value is -0.470. The number of carboxylic acid groups (broad SMARTS) is 1. The Morgan fingerprint density at radius 2 is 2.24 bits per heavy atom. The van der Waals surface area contributed by atoms with Crippen molar-refractivity contribution < 1.29 is 18.9 Å². The molecule has 2 aliphatic rings. The van der Waals surface area contributed by atoms with Gasteiger partial charge in [-0.25, -0.2) is 0 Å². The number of aliphatic carboxylic acids is 1. The molecule has 0 saturated carbocycles. The lowest BCUT2D eigenvalue weighted by Gasteiger charge is -2.54. The molecule has 1 amide bonds. The molecule has 120 valence electrons. The number of carboxylic acids is 1. The molecule has 6 nitrogen and oxygen atoms in total. The van der Waals surface area contributed by atoms with Crippen molar-refractivity contribution in [1.29, 1.82) is 0 Å². The maximum absolute atomic E-state index is 12.5. The molecule has 0 aliphatic carbocycles. The summed E-state index contributed by atoms with van der Waals surface area (Å²) in [6, 6.07) is -0.434. The highest BCUT2D eigenvalue weighted by Crippen LogP contribution is 2.40. The number of fused-ring (bicyclic) bond motifs is 1. The fourth-order valence-electron chi connectivity index (χ4n) is 2.78. The molecule has 0 spiro atoms. The second-order valence-electron chi connectivity index (χ2n) is 5.63. The Bertz CT molecular complexity index is 475. The van der Waals surface area contributed by atoms with Gasteiger partial charge in [-0.05, 0) is 19.9 Å². The average Bonchev–Trinajstić information content (AvgIpc) is 2.45. The molecule has 0 bridgehead atoms. The molecule has 2 N–H and O–H groups in total. The third-order valence-electron chi connectivity index (χ3n) is 4.27. The van der Waals surface area contributed by atoms with E-state index in [-0.39, 0.29) is 12.5 Å². The Balaban J connectivity index is 2.05. The number of carbonyl (C=O) groups is 2. The minimum absolute atomic E-state index is 0.0614. The topological polar surface area (TPSA) is 86.7 Å². The van der Waals surface area contributed by atoms with Crippen LogP contribution in [-0.2, 0) is 20.4 Å². The molecule has 5 atom stereocenters. The van der Waals surface area contributed by atoms with Crippen LogP contribution in [0.4, 0.5) is 0 Å². The maximum atomic E-state index is 12.5. The zero-order chi connectivity index (χ0) is 15.8. The van der Waals surface area contributed by atoms with Crippen molar-refractivity contribution >= 4 is 38.6 Å². The SMILES string of the molecule is CCCCCNC1C(=O)N2CC(Br)(C(=O)O)C(C)S(=O)[C@H]12. The van der Waals surface area contributed by atoms with Crippen LogP contribution in [0.3, 0.4) is 0 Å². The Labute approximate surface area is 135 Å². The molecule has 0 radical (unpaired) electrons. The summed E-state index contributed by atoms with van der Waals surface area (Å²) in [5.41, 5.74) is 0. The van der Waals surface area contributed by atoms with Gasteiger partial charge in [-0.3, -0.25) is 13.8 Å². The second-order valence-corrected chi connectivity index (χ2v) is 8.90. The van der Waals surface area contributed by atoms with E-state index < -0.39 is 37.8 Å². The summed E-state index contributed by atoms with van der Waals surface area (Å²) < 4.78 is 11.2. The smallest absolute Gasteiger partial charge is 0.323 e. The summed E-state index contributed by atoms with van der Waals surface area (Å²) in [4.78, 5) is 25.0. The van der Waals surface area contributed by atoms with Crippen molar-refractivity contribution in [2.75, 3.05) is 13.1 Å². The quantitative estimate of drug-likeness (QED) is 0.401. The molecular formula is C13H21BrN2O4S. The number of nitrogens with zero attached hydrogens (tertiary/aromatic N) is 1. The van der Waals surface area contributed by atoms with Crippen LogP contribution in [0.15, 0.2) is 0 Å². The van der Waals surface area contributed by atoms with Crippen molar-refractivity contribution in [3.8, 4) is 0 Å². The summed E-state index contributed by atoms with van der Waals surface area (Å²) >= 11 is 3.18. The highest BCUT2D eigenvalue weighted by Gasteiger charge is 2.62. The third kappa shape index (κ3) is 2.77. The lowest BCUT2D eigenvalue weighted by atomic mass is 9.99. The number of β-lactam (4-membered cyclic amide) rings is 1. The van der Waals surface area contributed by atoms with Crippen LogP contribution < -0.4 is 5.32 Å². The van der Waals surface area contributed by atoms with Gasteiger partial charge in [0.05, 0.1) is 16.0 Å². The molecule has 0 aromatic heterocycles. The number of hydrogen-bond donors (Lipinski definition) is 2. The summed E-state index contributed by atoms with van der Waals surface area (Å²) in [6.07, 6.45) is 3.17. The van der Waals surface area contributed by atoms with Gasteiger partial charge in [0.1, 0.15) is 11.4 Å². The van der Waals surface area contributed by atoms with Crippen molar-refractivity contribution in [2.45, 2.75) is 54.1 Å². The van der Waals surface area contributed by atoms with Gasteiger partial charge in [0.2, 0.25) is 5.91 Å². The Morgan fingerprint density at radius 1 is 1.57 bits per heavy atom. The number of unbranched alkanes of at least 4 members (excludes halogenated alkanes) is 2. The van der Waals surface area contributed by atoms with Gasteiger partial charge in [-0.2, -0.15) is 0 Å². The molecule has 2 saturated heterocycles. The number of halogens is 1. The van der Waals surface area contributed by atoms with E-state index in [1.54, 1.807) is 6.92 Å². The average molecular weight is 381 g/mol. The van der Waals surface area contributed by atoms with Crippen LogP contribution in [0.1, 0.15) is 33.1 Å². The fraction of sp³-hybridized carbons (Fsp3) is 0.846. The molecule has 21 heavy (non-hydrogen) atoms. The summed E-state index contributed by atoms with van der Waals surface area (Å²) in [6.45, 7) is 4.55. The lowest BCUT2D eigenvalue weighted by molar-refractivity contribution is -0.150. The van der Waals surface area contributed by atoms with Crippen LogP contribution in [0.2, 0.25) is 0 Å². The summed E-state index contributed by atoms with van der Waals surface area (Å²) in [7, 11) is -1.41. The van der Waals surface area contributed by atoms with Crippen LogP contribution >= 0.6 is 15.9 Å². The van der Waals surface area contributed by atoms with Crippen LogP contribution in [-0.4, -0.2) is 60.2 Å². The molecule has 8 heteroatoms. The fourth-order valence-corrected chi connectivity index (χ4v) is 5.48. The molecule has 0 aromatic rings. The number of nitrogens with one attached hydrogen (secondary N) is 1. The van der Waals surface area contributed by atoms with E-state index in [0.717, 1.165) is 25.8 Å². The number of carbonyl (C=O) groups excluding carboxylic acids is 1. The molecule has 2 heterocycles. The third-order valence-corrected chi connectivity index (χ3v) is 7.95. The van der Waals surface area contributed by atoms with Crippen LogP contribution in [0.5, 0.6) is 0 Å². The first-order valence-corrected chi connectivity index (χ1v) is 9.27. The molecule has 2 aliphatic heterocycles. The minimum Gasteiger partial charge on any atom is -0.480 e. The van der Waals surface area contributed by atoms with Crippen LogP contribution in [0, 0.1) is 0 Å². The Kier molecular flexibility index (Phi) is 5.10. The van der Waals surface area contributed by atoms with Gasteiger partial charge >= 0.3 is 5.97 Å². The summed E-state index contributed by atoms with van der Waals surface area (Å²) in [5.74, 6) is -1.23. The minimum atomic E-state index is -1.41. The van der Waals surface area contributed by atoms with E-state index in [4.69, 9.17) is 0 Å². The van der Waals surface area contributed by atoms with Gasteiger partial charge in [0.15, 0.2) is 4.32 Å². The lowest BCUT2D eigenvalue weighted by Crippen LogP contribution is -2.78. The van der Waals surface area contributed by atoms with Crippen molar-refractivity contribution in [3.63, 3.8) is 0 Å². The van der Waals surface area contributed by atoms with Gasteiger partial charge in [0, 0.05) is 6.54 Å². The van der Waals surface area contributed by atoms with E-state index in [1.165, 1.54) is 4.90 Å². The first kappa shape index (κ1) is 16.9. The predicted octanol–water partition coefficient (Wildman–Crippen LogP) is 0.672. The highest BCUT2D eigenvalue weighted by molar-refractivity contribution is 9.10. The number of hydrogen-bond acceptors (Lipinski definition) is 4. The number of amides is 1. The molecular weight excluding hydrogens is 360 g/mol. The molecule has 2 fully saturated rings. The van der Waals surface area contributed by atoms with E-state index in [1.807, 2.05) is 0 Å². The Morgan fingerprint density at radius 3 is 2.81 bits per heavy atom. The van der Waals surface area contributed by atoms with Crippen molar-refractivity contribution in [3.05, 3.63) is 0 Å². The first-order valence-electron chi connectivity index (χ1n) is 7.20. The van der Waals surface area contributed by atoms with Crippen molar-refractivity contribution in [2.24, 2.45) is 0 Å². The summed E-state index contributed by atoms with van der Waals surface area (Å²) in [5, 5.41) is 11.5. The normalized spacial score (nSPS) is 38.8. The molecule has 0 aromatic carbocycles. The zero-order valence-corrected chi connectivity index (χ0v) is 14.6. The largest absolute Gasteiger partial charge is 0.480 e. The first-order chi connectivity index (χ1) is 9.84. The number of alkyl halides is 1. The molecule has 4 unspecified atom stereocenters. The predicted molar refractivity (Wildman–Crippen MR) is 83.7 cm³/mol. The standard InChI is InChI=1S/C13H21BrN2O4S/c1-3-4-5-6-15-9-10(17)16-7-13(14,12(18)19)8(2)21(20)11(9)16/h8-9,11,15H,3-7H2,1-2H3,(H,18,19)/t8?,9?,11-,13?,21?/m1/s1. The van der Waals surface area contributed by atoms with Gasteiger partial charge in [-0.15, -0.1) is 0 Å².